The van der Waals surface area contributed by atoms with Gasteiger partial charge in [-0.15, -0.1) is 11.6 Å². The second-order valence-corrected chi connectivity index (χ2v) is 5.97. The highest BCUT2D eigenvalue weighted by Gasteiger charge is 2.26. The van der Waals surface area contributed by atoms with Crippen LogP contribution in [0, 0.1) is 0 Å². The third-order valence-electron chi connectivity index (χ3n) is 3.39. The minimum Gasteiger partial charge on any atom is -0.341 e. The standard InChI is InChI=1S/C14H16Cl3NO/c15-11-7-5-6-10(12(11)16)13(17)14(19)18-8-3-1-2-4-9-18/h5-7,13H,1-4,8-9H2. The summed E-state index contributed by atoms with van der Waals surface area (Å²) in [5.74, 6) is -0.0762. The summed E-state index contributed by atoms with van der Waals surface area (Å²) in [4.78, 5) is 14.2. The second-order valence-electron chi connectivity index (χ2n) is 4.75. The van der Waals surface area contributed by atoms with Crippen molar-refractivity contribution in [2.45, 2.75) is 31.1 Å². The molecular weight excluding hydrogens is 305 g/mol. The molecule has 0 bridgehead atoms. The second kappa shape index (κ2) is 6.83. The Labute approximate surface area is 128 Å². The van der Waals surface area contributed by atoms with Crippen LogP contribution in [-0.4, -0.2) is 23.9 Å². The van der Waals surface area contributed by atoms with E-state index >= 15 is 0 Å². The molecule has 0 aliphatic carbocycles. The van der Waals surface area contributed by atoms with Crippen molar-refractivity contribution >= 4 is 40.7 Å². The maximum Gasteiger partial charge on any atom is 0.245 e. The average Bonchev–Trinajstić information content (AvgIpc) is 2.69. The quantitative estimate of drug-likeness (QED) is 0.725. The van der Waals surface area contributed by atoms with Gasteiger partial charge in [0.05, 0.1) is 10.0 Å². The number of carbonyl (C=O) groups excluding carboxylic acids is 1. The van der Waals surface area contributed by atoms with Gasteiger partial charge in [-0.3, -0.25) is 4.79 Å². The Kier molecular flexibility index (Phi) is 5.37. The van der Waals surface area contributed by atoms with Crippen LogP contribution in [0.3, 0.4) is 0 Å². The number of likely N-dealkylation sites (tertiary alicyclic amines) is 1. The van der Waals surface area contributed by atoms with Crippen LogP contribution in [0.25, 0.3) is 0 Å². The van der Waals surface area contributed by atoms with Crippen molar-refractivity contribution in [1.29, 1.82) is 0 Å². The van der Waals surface area contributed by atoms with Crippen LogP contribution in [0.4, 0.5) is 0 Å². The molecule has 0 aromatic heterocycles. The minimum atomic E-state index is -0.760. The summed E-state index contributed by atoms with van der Waals surface area (Å²) in [5.41, 5.74) is 0.588. The summed E-state index contributed by atoms with van der Waals surface area (Å²) in [5, 5.41) is 0.0325. The van der Waals surface area contributed by atoms with E-state index in [2.05, 4.69) is 0 Å². The lowest BCUT2D eigenvalue weighted by atomic mass is 10.1. The first-order chi connectivity index (χ1) is 9.11. The Morgan fingerprint density at radius 3 is 2.37 bits per heavy atom. The fourth-order valence-electron chi connectivity index (χ4n) is 2.30. The van der Waals surface area contributed by atoms with E-state index in [4.69, 9.17) is 34.8 Å². The molecule has 5 heteroatoms. The third-order valence-corrected chi connectivity index (χ3v) is 4.64. The summed E-state index contributed by atoms with van der Waals surface area (Å²) < 4.78 is 0. The molecule has 1 saturated heterocycles. The molecule has 19 heavy (non-hydrogen) atoms. The summed E-state index contributed by atoms with van der Waals surface area (Å²) in [6, 6.07) is 5.20. The lowest BCUT2D eigenvalue weighted by molar-refractivity contribution is -0.130. The van der Waals surface area contributed by atoms with Crippen molar-refractivity contribution in [2.75, 3.05) is 13.1 Å². The molecule has 1 aliphatic rings. The SMILES string of the molecule is O=C(C(Cl)c1cccc(Cl)c1Cl)N1CCCCCC1. The summed E-state index contributed by atoms with van der Waals surface area (Å²) >= 11 is 18.4. The molecule has 1 unspecified atom stereocenters. The van der Waals surface area contributed by atoms with E-state index in [1.165, 1.54) is 12.8 Å². The summed E-state index contributed by atoms with van der Waals surface area (Å²) in [6.07, 6.45) is 4.43. The van der Waals surface area contributed by atoms with Gasteiger partial charge in [0.2, 0.25) is 5.91 Å². The van der Waals surface area contributed by atoms with Crippen LogP contribution in [0.1, 0.15) is 36.6 Å². The van der Waals surface area contributed by atoms with Gasteiger partial charge in [0.1, 0.15) is 5.38 Å². The number of alkyl halides is 1. The maximum absolute atomic E-state index is 12.4. The molecule has 0 saturated carbocycles. The van der Waals surface area contributed by atoms with Crippen LogP contribution in [0.15, 0.2) is 18.2 Å². The predicted molar refractivity (Wildman–Crippen MR) is 80.1 cm³/mol. The van der Waals surface area contributed by atoms with Crippen LogP contribution in [0.2, 0.25) is 10.0 Å². The van der Waals surface area contributed by atoms with Crippen LogP contribution in [0.5, 0.6) is 0 Å². The van der Waals surface area contributed by atoms with E-state index in [0.717, 1.165) is 25.9 Å². The van der Waals surface area contributed by atoms with Gasteiger partial charge < -0.3 is 4.90 Å². The first-order valence-corrected chi connectivity index (χ1v) is 7.67. The average molecular weight is 321 g/mol. The van der Waals surface area contributed by atoms with Gasteiger partial charge in [-0.05, 0) is 24.5 Å². The first-order valence-electron chi connectivity index (χ1n) is 6.48. The maximum atomic E-state index is 12.4. The predicted octanol–water partition coefficient (Wildman–Crippen LogP) is 4.68. The van der Waals surface area contributed by atoms with Crippen LogP contribution >= 0.6 is 34.8 Å². The molecule has 1 atom stereocenters. The lowest BCUT2D eigenvalue weighted by Gasteiger charge is -2.23. The van der Waals surface area contributed by atoms with Crippen LogP contribution in [-0.2, 0) is 4.79 Å². The van der Waals surface area contributed by atoms with Gasteiger partial charge in [0.15, 0.2) is 0 Å². The van der Waals surface area contributed by atoms with Gasteiger partial charge >= 0.3 is 0 Å². The zero-order valence-corrected chi connectivity index (χ0v) is 12.8. The molecule has 1 heterocycles. The van der Waals surface area contributed by atoms with E-state index in [1.807, 2.05) is 4.90 Å². The summed E-state index contributed by atoms with van der Waals surface area (Å²) in [7, 11) is 0. The first kappa shape index (κ1) is 15.0. The summed E-state index contributed by atoms with van der Waals surface area (Å²) in [6.45, 7) is 1.56. The zero-order valence-electron chi connectivity index (χ0n) is 10.5. The molecule has 1 aliphatic heterocycles. The topological polar surface area (TPSA) is 20.3 Å². The number of hydrogen-bond acceptors (Lipinski definition) is 1. The largest absolute Gasteiger partial charge is 0.341 e. The van der Waals surface area contributed by atoms with E-state index in [9.17, 15) is 4.79 Å². The normalized spacial score (nSPS) is 17.9. The molecule has 1 aromatic carbocycles. The Hall–Kier alpha value is -0.440. The smallest absolute Gasteiger partial charge is 0.245 e. The number of carbonyl (C=O) groups is 1. The van der Waals surface area contributed by atoms with Crippen molar-refractivity contribution in [2.24, 2.45) is 0 Å². The number of nitrogens with zero attached hydrogens (tertiary/aromatic N) is 1. The van der Waals surface area contributed by atoms with Gasteiger partial charge in [-0.1, -0.05) is 48.2 Å². The minimum absolute atomic E-state index is 0.0762. The third kappa shape index (κ3) is 3.56. The Balaban J connectivity index is 2.15. The van der Waals surface area contributed by atoms with Gasteiger partial charge in [-0.2, -0.15) is 0 Å². The highest BCUT2D eigenvalue weighted by atomic mass is 35.5. The van der Waals surface area contributed by atoms with Crippen molar-refractivity contribution < 1.29 is 4.79 Å². The molecule has 0 N–H and O–H groups in total. The van der Waals surface area contributed by atoms with E-state index in [-0.39, 0.29) is 5.91 Å². The molecular formula is C14H16Cl3NO. The molecule has 1 amide bonds. The number of benzene rings is 1. The number of hydrogen-bond donors (Lipinski definition) is 0. The monoisotopic (exact) mass is 319 g/mol. The number of rotatable bonds is 2. The van der Waals surface area contributed by atoms with Crippen molar-refractivity contribution in [3.05, 3.63) is 33.8 Å². The van der Waals surface area contributed by atoms with E-state index < -0.39 is 5.38 Å². The van der Waals surface area contributed by atoms with Crippen molar-refractivity contribution in [3.63, 3.8) is 0 Å². The molecule has 2 nitrogen and oxygen atoms in total. The van der Waals surface area contributed by atoms with Gasteiger partial charge in [0, 0.05) is 13.1 Å². The zero-order chi connectivity index (χ0) is 13.8. The Morgan fingerprint density at radius 1 is 1.11 bits per heavy atom. The fraction of sp³-hybridized carbons (Fsp3) is 0.500. The molecule has 1 aromatic rings. The van der Waals surface area contributed by atoms with Crippen LogP contribution < -0.4 is 0 Å². The van der Waals surface area contributed by atoms with Gasteiger partial charge in [0.25, 0.3) is 0 Å². The lowest BCUT2D eigenvalue weighted by Crippen LogP contribution is -2.34. The number of halogens is 3. The molecule has 2 rings (SSSR count). The molecule has 0 spiro atoms. The van der Waals surface area contributed by atoms with Crippen molar-refractivity contribution in [3.8, 4) is 0 Å². The Bertz CT molecular complexity index is 456. The highest BCUT2D eigenvalue weighted by molar-refractivity contribution is 6.43. The van der Waals surface area contributed by atoms with E-state index in [0.29, 0.717) is 15.6 Å². The molecule has 0 radical (unpaired) electrons. The van der Waals surface area contributed by atoms with E-state index in [1.54, 1.807) is 18.2 Å². The number of amides is 1. The fourth-order valence-corrected chi connectivity index (χ4v) is 3.09. The van der Waals surface area contributed by atoms with Gasteiger partial charge in [-0.25, -0.2) is 0 Å². The highest BCUT2D eigenvalue weighted by Crippen LogP contribution is 2.34. The van der Waals surface area contributed by atoms with Crippen molar-refractivity contribution in [1.82, 2.24) is 4.90 Å². The Morgan fingerprint density at radius 2 is 1.74 bits per heavy atom. The molecule has 1 fully saturated rings. The molecule has 104 valence electrons.